The molecule has 2 aromatic rings. The van der Waals surface area contributed by atoms with Crippen LogP contribution in [-0.4, -0.2) is 69.7 Å². The Hall–Kier alpha value is -2.82. The molecule has 2 heterocycles. The first-order chi connectivity index (χ1) is 19.0. The van der Waals surface area contributed by atoms with Crippen molar-refractivity contribution in [2.75, 3.05) is 13.2 Å². The molecular weight excluding hydrogens is 528 g/mol. The minimum atomic E-state index is -0.795. The van der Waals surface area contributed by atoms with Crippen molar-refractivity contribution in [2.24, 2.45) is 0 Å². The van der Waals surface area contributed by atoms with Crippen molar-refractivity contribution >= 4 is 29.1 Å². The Morgan fingerprint density at radius 3 is 2.58 bits per heavy atom. The number of thiazole rings is 1. The molecule has 0 saturated carbocycles. The topological polar surface area (TPSA) is 121 Å². The normalized spacial score (nSPS) is 18.0. The number of amides is 3. The lowest BCUT2D eigenvalue weighted by molar-refractivity contribution is -0.141. The maximum atomic E-state index is 13.6. The van der Waals surface area contributed by atoms with Crippen LogP contribution in [0.1, 0.15) is 77.5 Å². The zero-order chi connectivity index (χ0) is 29.3. The third-order valence-electron chi connectivity index (χ3n) is 7.26. The highest BCUT2D eigenvalue weighted by Crippen LogP contribution is 2.27. The van der Waals surface area contributed by atoms with Crippen molar-refractivity contribution in [3.8, 4) is 10.4 Å². The summed E-state index contributed by atoms with van der Waals surface area (Å²) in [6.07, 6.45) is 2.23. The summed E-state index contributed by atoms with van der Waals surface area (Å²) >= 11 is 1.59. The molecule has 220 valence electrons. The van der Waals surface area contributed by atoms with Crippen molar-refractivity contribution in [1.82, 2.24) is 20.5 Å². The van der Waals surface area contributed by atoms with Gasteiger partial charge >= 0.3 is 0 Å². The average Bonchev–Trinajstić information content (AvgIpc) is 3.53. The molecule has 1 aliphatic heterocycles. The monoisotopic (exact) mass is 572 g/mol. The maximum absolute atomic E-state index is 13.6. The Bertz CT molecular complexity index is 1130. The van der Waals surface area contributed by atoms with E-state index in [1.165, 1.54) is 4.90 Å². The third-order valence-corrected chi connectivity index (χ3v) is 8.24. The number of rotatable bonds is 14. The van der Waals surface area contributed by atoms with Gasteiger partial charge in [-0.05, 0) is 51.7 Å². The Balaban J connectivity index is 1.61. The number of hydrogen-bond donors (Lipinski definition) is 3. The van der Waals surface area contributed by atoms with Crippen LogP contribution >= 0.6 is 11.3 Å². The second-order valence-electron chi connectivity index (χ2n) is 11.0. The standard InChI is InChI=1S/C30H44N4O5S/c1-6-8-9-24(33-26(36)14-15-30(4,5)39-7-2)29(38)34-18-23(35)16-25(34)28(37)31-17-21-10-12-22(13-11-21)27-20(3)32-19-40-27/h10-13,19,23-25,35H,6-9,14-18H2,1-5H3,(H,31,37)(H,33,36)/t23-,24+,25+/m1/s1. The molecule has 0 bridgehead atoms. The second-order valence-corrected chi connectivity index (χ2v) is 11.9. The number of nitrogens with one attached hydrogen (secondary N) is 2. The lowest BCUT2D eigenvalue weighted by Crippen LogP contribution is -2.53. The number of nitrogens with zero attached hydrogens (tertiary/aromatic N) is 2. The summed E-state index contributed by atoms with van der Waals surface area (Å²) in [4.78, 5) is 46.4. The molecule has 9 nitrogen and oxygen atoms in total. The molecule has 1 aromatic heterocycles. The van der Waals surface area contributed by atoms with Gasteiger partial charge in [-0.2, -0.15) is 0 Å². The number of aliphatic hydroxyl groups is 1. The molecule has 1 fully saturated rings. The summed E-state index contributed by atoms with van der Waals surface area (Å²) in [6.45, 7) is 10.7. The molecule has 3 N–H and O–H groups in total. The Labute approximate surface area is 241 Å². The van der Waals surface area contributed by atoms with Crippen molar-refractivity contribution in [1.29, 1.82) is 0 Å². The van der Waals surface area contributed by atoms with E-state index in [0.717, 1.165) is 34.5 Å². The zero-order valence-electron chi connectivity index (χ0n) is 24.4. The number of hydrogen-bond acceptors (Lipinski definition) is 7. The van der Waals surface area contributed by atoms with Gasteiger partial charge in [0, 0.05) is 32.5 Å². The number of carbonyl (C=O) groups is 3. The SMILES string of the molecule is CCCC[C@H](NC(=O)CCC(C)(C)OCC)C(=O)N1C[C@H](O)C[C@H]1C(=O)NCc1ccc(-c2scnc2C)cc1. The van der Waals surface area contributed by atoms with Crippen LogP contribution in [-0.2, 0) is 25.7 Å². The molecule has 0 aliphatic carbocycles. The number of benzene rings is 1. The molecule has 40 heavy (non-hydrogen) atoms. The summed E-state index contributed by atoms with van der Waals surface area (Å²) in [5.41, 5.74) is 4.38. The van der Waals surface area contributed by atoms with Crippen LogP contribution < -0.4 is 10.6 Å². The van der Waals surface area contributed by atoms with Gasteiger partial charge in [-0.1, -0.05) is 44.0 Å². The first kappa shape index (κ1) is 31.7. The van der Waals surface area contributed by atoms with Gasteiger partial charge in [-0.25, -0.2) is 4.98 Å². The van der Waals surface area contributed by atoms with E-state index in [-0.39, 0.29) is 37.1 Å². The van der Waals surface area contributed by atoms with Gasteiger partial charge in [-0.3, -0.25) is 14.4 Å². The van der Waals surface area contributed by atoms with Crippen molar-refractivity contribution in [2.45, 2.75) is 103 Å². The number of aliphatic hydroxyl groups excluding tert-OH is 1. The summed E-state index contributed by atoms with van der Waals surface area (Å²) in [5.74, 6) is -0.863. The van der Waals surface area contributed by atoms with E-state index >= 15 is 0 Å². The van der Waals surface area contributed by atoms with Gasteiger partial charge in [-0.15, -0.1) is 11.3 Å². The molecule has 10 heteroatoms. The predicted octanol–water partition coefficient (Wildman–Crippen LogP) is 3.97. The number of unbranched alkanes of at least 4 members (excludes halogenated alkanes) is 1. The van der Waals surface area contributed by atoms with Crippen molar-refractivity contribution < 1.29 is 24.2 Å². The summed E-state index contributed by atoms with van der Waals surface area (Å²) in [7, 11) is 0. The fraction of sp³-hybridized carbons (Fsp3) is 0.600. The second kappa shape index (κ2) is 14.7. The van der Waals surface area contributed by atoms with E-state index in [1.807, 2.05) is 64.4 Å². The largest absolute Gasteiger partial charge is 0.391 e. The van der Waals surface area contributed by atoms with E-state index < -0.39 is 23.8 Å². The molecule has 3 atom stereocenters. The number of carbonyl (C=O) groups excluding carboxylic acids is 3. The minimum absolute atomic E-state index is 0.0652. The fourth-order valence-corrected chi connectivity index (χ4v) is 5.79. The number of aryl methyl sites for hydroxylation is 1. The first-order valence-electron chi connectivity index (χ1n) is 14.2. The van der Waals surface area contributed by atoms with E-state index in [1.54, 1.807) is 11.3 Å². The van der Waals surface area contributed by atoms with Crippen LogP contribution in [0.5, 0.6) is 0 Å². The van der Waals surface area contributed by atoms with E-state index in [4.69, 9.17) is 4.74 Å². The van der Waals surface area contributed by atoms with Crippen LogP contribution in [0, 0.1) is 6.92 Å². The van der Waals surface area contributed by atoms with Crippen molar-refractivity contribution in [3.05, 3.63) is 41.0 Å². The number of likely N-dealkylation sites (tertiary alicyclic amines) is 1. The van der Waals surface area contributed by atoms with Gasteiger partial charge in [0.05, 0.1) is 27.8 Å². The highest BCUT2D eigenvalue weighted by molar-refractivity contribution is 7.13. The van der Waals surface area contributed by atoms with Gasteiger partial charge in [0.1, 0.15) is 12.1 Å². The molecule has 1 saturated heterocycles. The van der Waals surface area contributed by atoms with Gasteiger partial charge in [0.2, 0.25) is 17.7 Å². The molecule has 0 unspecified atom stereocenters. The van der Waals surface area contributed by atoms with E-state index in [0.29, 0.717) is 26.0 Å². The lowest BCUT2D eigenvalue weighted by atomic mass is 10.0. The Morgan fingerprint density at radius 1 is 1.23 bits per heavy atom. The number of aromatic nitrogens is 1. The van der Waals surface area contributed by atoms with Crippen molar-refractivity contribution in [3.63, 3.8) is 0 Å². The Kier molecular flexibility index (Phi) is 11.7. The first-order valence-corrected chi connectivity index (χ1v) is 15.1. The molecule has 0 spiro atoms. The number of β-amino-alcohol motifs (C(OH)–C–C–N with tert-alkyl or cyclic N) is 1. The molecule has 3 rings (SSSR count). The van der Waals surface area contributed by atoms with Gasteiger partial charge in [0.25, 0.3) is 0 Å². The fourth-order valence-electron chi connectivity index (χ4n) is 4.98. The van der Waals surface area contributed by atoms with E-state index in [2.05, 4.69) is 15.6 Å². The number of ether oxygens (including phenoxy) is 1. The lowest BCUT2D eigenvalue weighted by Gasteiger charge is -2.29. The van der Waals surface area contributed by atoms with Gasteiger partial charge in [0.15, 0.2) is 0 Å². The molecule has 1 aromatic carbocycles. The maximum Gasteiger partial charge on any atom is 0.245 e. The van der Waals surface area contributed by atoms with Crippen LogP contribution in [0.3, 0.4) is 0 Å². The molecule has 0 radical (unpaired) electrons. The summed E-state index contributed by atoms with van der Waals surface area (Å²) in [5, 5.41) is 16.2. The Morgan fingerprint density at radius 2 is 1.95 bits per heavy atom. The average molecular weight is 573 g/mol. The molecule has 3 amide bonds. The highest BCUT2D eigenvalue weighted by atomic mass is 32.1. The quantitative estimate of drug-likeness (QED) is 0.315. The van der Waals surface area contributed by atoms with Gasteiger partial charge < -0.3 is 25.4 Å². The summed E-state index contributed by atoms with van der Waals surface area (Å²) in [6, 6.07) is 6.40. The third kappa shape index (κ3) is 8.84. The minimum Gasteiger partial charge on any atom is -0.391 e. The molecule has 1 aliphatic rings. The van der Waals surface area contributed by atoms with Crippen LogP contribution in [0.4, 0.5) is 0 Å². The summed E-state index contributed by atoms with van der Waals surface area (Å²) < 4.78 is 5.68. The smallest absolute Gasteiger partial charge is 0.245 e. The van der Waals surface area contributed by atoms with Crippen LogP contribution in [0.15, 0.2) is 29.8 Å². The highest BCUT2D eigenvalue weighted by Gasteiger charge is 2.41. The van der Waals surface area contributed by atoms with E-state index in [9.17, 15) is 19.5 Å². The van der Waals surface area contributed by atoms with Crippen LogP contribution in [0.25, 0.3) is 10.4 Å². The zero-order valence-corrected chi connectivity index (χ0v) is 25.2. The predicted molar refractivity (Wildman–Crippen MR) is 157 cm³/mol. The van der Waals surface area contributed by atoms with Crippen LogP contribution in [0.2, 0.25) is 0 Å². The molecular formula is C30H44N4O5S.